The summed E-state index contributed by atoms with van der Waals surface area (Å²) in [6.07, 6.45) is 2.13. The Kier molecular flexibility index (Phi) is 4.97. The molecule has 3 rings (SSSR count). The summed E-state index contributed by atoms with van der Waals surface area (Å²) in [7, 11) is 1.71. The van der Waals surface area contributed by atoms with Crippen molar-refractivity contribution < 1.29 is 18.7 Å². The number of carbonyl (C=O) groups excluding carboxylic acids is 1. The molecule has 2 heterocycles. The summed E-state index contributed by atoms with van der Waals surface area (Å²) in [6, 6.07) is 6.50. The fourth-order valence-corrected chi connectivity index (χ4v) is 3.77. The first-order chi connectivity index (χ1) is 11.1. The van der Waals surface area contributed by atoms with E-state index in [-0.39, 0.29) is 17.1 Å². The van der Waals surface area contributed by atoms with Crippen LogP contribution in [0.1, 0.15) is 18.4 Å². The molecule has 1 aromatic rings. The van der Waals surface area contributed by atoms with E-state index < -0.39 is 0 Å². The summed E-state index contributed by atoms with van der Waals surface area (Å²) in [4.78, 5) is 14.4. The molecule has 0 spiro atoms. The van der Waals surface area contributed by atoms with Crippen molar-refractivity contribution in [1.82, 2.24) is 4.90 Å². The lowest BCUT2D eigenvalue weighted by molar-refractivity contribution is -0.131. The second-order valence-electron chi connectivity index (χ2n) is 6.76. The van der Waals surface area contributed by atoms with Gasteiger partial charge in [-0.15, -0.1) is 0 Å². The number of rotatable bonds is 6. The van der Waals surface area contributed by atoms with Gasteiger partial charge in [0.15, 0.2) is 0 Å². The van der Waals surface area contributed by atoms with Gasteiger partial charge in [0.25, 0.3) is 0 Å². The molecule has 2 aliphatic rings. The third kappa shape index (κ3) is 3.56. The van der Waals surface area contributed by atoms with Crippen molar-refractivity contribution in [3.8, 4) is 0 Å². The Balaban J connectivity index is 1.48. The van der Waals surface area contributed by atoms with Crippen molar-refractivity contribution in [2.45, 2.75) is 19.3 Å². The van der Waals surface area contributed by atoms with E-state index >= 15 is 0 Å². The van der Waals surface area contributed by atoms with Crippen molar-refractivity contribution in [1.29, 1.82) is 0 Å². The van der Waals surface area contributed by atoms with Crippen LogP contribution in [0.4, 0.5) is 4.39 Å². The predicted octanol–water partition coefficient (Wildman–Crippen LogP) is 2.27. The summed E-state index contributed by atoms with van der Waals surface area (Å²) < 4.78 is 23.8. The van der Waals surface area contributed by atoms with Gasteiger partial charge >= 0.3 is 0 Å². The zero-order valence-electron chi connectivity index (χ0n) is 13.6. The van der Waals surface area contributed by atoms with Gasteiger partial charge in [0.1, 0.15) is 5.82 Å². The summed E-state index contributed by atoms with van der Waals surface area (Å²) >= 11 is 0. The minimum absolute atomic E-state index is 0.0125. The molecular formula is C18H24FNO3. The van der Waals surface area contributed by atoms with Crippen LogP contribution in [-0.2, 0) is 20.7 Å². The summed E-state index contributed by atoms with van der Waals surface area (Å²) in [5.41, 5.74) is 1.06. The van der Waals surface area contributed by atoms with Gasteiger partial charge in [-0.2, -0.15) is 0 Å². The summed E-state index contributed by atoms with van der Waals surface area (Å²) in [5.74, 6) is 0.375. The second-order valence-corrected chi connectivity index (χ2v) is 6.76. The number of hydrogen-bond donors (Lipinski definition) is 0. The van der Waals surface area contributed by atoms with Crippen molar-refractivity contribution in [3.63, 3.8) is 0 Å². The third-order valence-corrected chi connectivity index (χ3v) is 5.07. The van der Waals surface area contributed by atoms with Crippen LogP contribution in [0.5, 0.6) is 0 Å². The monoisotopic (exact) mass is 321 g/mol. The maximum absolute atomic E-state index is 12.9. The number of likely N-dealkylation sites (tertiary alicyclic amines) is 1. The average Bonchev–Trinajstić information content (AvgIpc) is 3.06. The first kappa shape index (κ1) is 16.4. The highest BCUT2D eigenvalue weighted by Crippen LogP contribution is 2.41. The van der Waals surface area contributed by atoms with E-state index in [2.05, 4.69) is 0 Å². The molecule has 0 aromatic heterocycles. The van der Waals surface area contributed by atoms with Crippen LogP contribution in [-0.4, -0.2) is 50.8 Å². The van der Waals surface area contributed by atoms with Crippen molar-refractivity contribution >= 4 is 5.91 Å². The van der Waals surface area contributed by atoms with Gasteiger partial charge in [0.2, 0.25) is 5.91 Å². The summed E-state index contributed by atoms with van der Waals surface area (Å²) in [5, 5.41) is 0. The van der Waals surface area contributed by atoms with E-state index in [1.54, 1.807) is 19.2 Å². The molecule has 1 amide bonds. The Morgan fingerprint density at radius 1 is 1.43 bits per heavy atom. The predicted molar refractivity (Wildman–Crippen MR) is 84.5 cm³/mol. The zero-order valence-corrected chi connectivity index (χ0v) is 13.6. The molecule has 0 N–H and O–H groups in total. The molecule has 2 fully saturated rings. The van der Waals surface area contributed by atoms with Gasteiger partial charge in [-0.1, -0.05) is 12.1 Å². The fourth-order valence-electron chi connectivity index (χ4n) is 3.77. The smallest absolute Gasteiger partial charge is 0.222 e. The van der Waals surface area contributed by atoms with E-state index in [0.29, 0.717) is 25.6 Å². The van der Waals surface area contributed by atoms with Crippen LogP contribution < -0.4 is 0 Å². The lowest BCUT2D eigenvalue weighted by Gasteiger charge is -2.26. The lowest BCUT2D eigenvalue weighted by Crippen LogP contribution is -2.36. The number of benzene rings is 1. The van der Waals surface area contributed by atoms with Gasteiger partial charge in [-0.05, 0) is 30.5 Å². The van der Waals surface area contributed by atoms with Crippen molar-refractivity contribution in [2.24, 2.45) is 11.3 Å². The number of nitrogens with zero attached hydrogens (tertiary/aromatic N) is 1. The Hall–Kier alpha value is -1.46. The highest BCUT2D eigenvalue weighted by atomic mass is 19.1. The largest absolute Gasteiger partial charge is 0.384 e. The van der Waals surface area contributed by atoms with E-state index in [9.17, 15) is 9.18 Å². The number of carbonyl (C=O) groups is 1. The van der Waals surface area contributed by atoms with Crippen LogP contribution in [0, 0.1) is 17.2 Å². The molecule has 4 nitrogen and oxygen atoms in total. The molecule has 2 saturated heterocycles. The third-order valence-electron chi connectivity index (χ3n) is 5.07. The minimum Gasteiger partial charge on any atom is -0.384 e. The maximum atomic E-state index is 12.9. The summed E-state index contributed by atoms with van der Waals surface area (Å²) in [6.45, 7) is 3.57. The first-order valence-corrected chi connectivity index (χ1v) is 8.22. The zero-order chi connectivity index (χ0) is 16.3. The van der Waals surface area contributed by atoms with E-state index in [1.165, 1.54) is 12.1 Å². The molecule has 0 aliphatic carbocycles. The number of fused-ring (bicyclic) bond motifs is 1. The van der Waals surface area contributed by atoms with Crippen LogP contribution in [0.25, 0.3) is 0 Å². The second kappa shape index (κ2) is 6.97. The Morgan fingerprint density at radius 2 is 2.22 bits per heavy atom. The molecule has 2 atom stereocenters. The number of halogens is 1. The Bertz CT molecular complexity index is 548. The number of ether oxygens (including phenoxy) is 2. The molecule has 5 heteroatoms. The number of amides is 1. The van der Waals surface area contributed by atoms with Crippen LogP contribution in [0.3, 0.4) is 0 Å². The minimum atomic E-state index is -0.223. The normalized spacial score (nSPS) is 26.5. The van der Waals surface area contributed by atoms with Crippen molar-refractivity contribution in [2.75, 3.05) is 40.0 Å². The van der Waals surface area contributed by atoms with Crippen LogP contribution in [0.15, 0.2) is 24.3 Å². The fraction of sp³-hybridized carbons (Fsp3) is 0.611. The molecule has 2 aliphatic heterocycles. The molecule has 23 heavy (non-hydrogen) atoms. The average molecular weight is 321 g/mol. The quantitative estimate of drug-likeness (QED) is 0.807. The highest BCUT2D eigenvalue weighted by molar-refractivity contribution is 5.76. The molecule has 126 valence electrons. The highest BCUT2D eigenvalue weighted by Gasteiger charge is 2.51. The first-order valence-electron chi connectivity index (χ1n) is 8.22. The van der Waals surface area contributed by atoms with Gasteiger partial charge in [0, 0.05) is 38.0 Å². The number of hydrogen-bond acceptors (Lipinski definition) is 3. The Labute approximate surface area is 136 Å². The Morgan fingerprint density at radius 3 is 2.96 bits per heavy atom. The number of methoxy groups -OCH3 is 1. The van der Waals surface area contributed by atoms with Crippen LogP contribution >= 0.6 is 0 Å². The standard InChI is InChI=1S/C18H24FNO3/c1-22-12-18-11-20(9-15(18)10-23-13-18)17(21)4-2-3-14-5-7-16(19)8-6-14/h5-8,15H,2-4,9-13H2,1H3/t15-,18-/m0/s1. The van der Waals surface area contributed by atoms with Crippen LogP contribution in [0.2, 0.25) is 0 Å². The molecule has 1 aromatic carbocycles. The molecule has 0 bridgehead atoms. The lowest BCUT2D eigenvalue weighted by atomic mass is 9.82. The topological polar surface area (TPSA) is 38.8 Å². The maximum Gasteiger partial charge on any atom is 0.222 e. The SMILES string of the molecule is COC[C@@]12COC[C@@H]1CN(C(=O)CCCc1ccc(F)cc1)C2. The van der Waals surface area contributed by atoms with Crippen molar-refractivity contribution in [3.05, 3.63) is 35.6 Å². The van der Waals surface area contributed by atoms with E-state index in [1.807, 2.05) is 4.90 Å². The number of aryl methyl sites for hydroxylation is 1. The van der Waals surface area contributed by atoms with Gasteiger partial charge in [-0.25, -0.2) is 4.39 Å². The molecular weight excluding hydrogens is 297 g/mol. The van der Waals surface area contributed by atoms with E-state index in [4.69, 9.17) is 9.47 Å². The van der Waals surface area contributed by atoms with Gasteiger partial charge in [0.05, 0.1) is 19.8 Å². The van der Waals surface area contributed by atoms with E-state index in [0.717, 1.165) is 38.1 Å². The molecule has 0 radical (unpaired) electrons. The van der Waals surface area contributed by atoms with Gasteiger partial charge < -0.3 is 14.4 Å². The molecule has 0 unspecified atom stereocenters. The van der Waals surface area contributed by atoms with Gasteiger partial charge in [-0.3, -0.25) is 4.79 Å². The molecule has 0 saturated carbocycles.